The summed E-state index contributed by atoms with van der Waals surface area (Å²) in [5.74, 6) is 0.413. The lowest BCUT2D eigenvalue weighted by atomic mass is 10.2. The number of anilines is 1. The zero-order valence-electron chi connectivity index (χ0n) is 10.4. The topological polar surface area (TPSA) is 68.1 Å². The average Bonchev–Trinajstić information content (AvgIpc) is 2.75. The summed E-state index contributed by atoms with van der Waals surface area (Å²) in [4.78, 5) is 0.247. The molecule has 1 heterocycles. The molecule has 1 aromatic heterocycles. The SMILES string of the molecule is Cc1ccc(S(=O)(=O)N(C)c2cnnn2C)cc1. The van der Waals surface area contributed by atoms with Crippen molar-refractivity contribution in [3.8, 4) is 0 Å². The molecule has 0 saturated carbocycles. The molecule has 2 rings (SSSR count). The Labute approximate surface area is 106 Å². The van der Waals surface area contributed by atoms with E-state index < -0.39 is 10.0 Å². The smallest absolute Gasteiger partial charge is 0.252 e. The van der Waals surface area contributed by atoms with Crippen LogP contribution in [-0.4, -0.2) is 30.5 Å². The Morgan fingerprint density at radius 3 is 2.33 bits per heavy atom. The van der Waals surface area contributed by atoms with Crippen molar-refractivity contribution in [1.29, 1.82) is 0 Å². The van der Waals surface area contributed by atoms with Crippen molar-refractivity contribution in [2.45, 2.75) is 11.8 Å². The molecule has 1 aromatic carbocycles. The number of benzene rings is 1. The average molecular weight is 266 g/mol. The van der Waals surface area contributed by atoms with E-state index in [4.69, 9.17) is 0 Å². The zero-order valence-corrected chi connectivity index (χ0v) is 11.2. The quantitative estimate of drug-likeness (QED) is 0.829. The Morgan fingerprint density at radius 1 is 1.22 bits per heavy atom. The minimum atomic E-state index is -3.57. The van der Waals surface area contributed by atoms with E-state index in [9.17, 15) is 8.42 Å². The lowest BCUT2D eigenvalue weighted by Gasteiger charge is -2.18. The number of rotatable bonds is 3. The molecule has 96 valence electrons. The molecule has 0 amide bonds. The van der Waals surface area contributed by atoms with Gasteiger partial charge in [0.15, 0.2) is 5.82 Å². The van der Waals surface area contributed by atoms with Crippen molar-refractivity contribution in [2.24, 2.45) is 7.05 Å². The summed E-state index contributed by atoms with van der Waals surface area (Å²) < 4.78 is 27.3. The number of aromatic nitrogens is 3. The van der Waals surface area contributed by atoms with Crippen LogP contribution in [0.3, 0.4) is 0 Å². The van der Waals surface area contributed by atoms with E-state index in [0.717, 1.165) is 9.87 Å². The van der Waals surface area contributed by atoms with Gasteiger partial charge in [0.1, 0.15) is 0 Å². The fraction of sp³-hybridized carbons (Fsp3) is 0.273. The lowest BCUT2D eigenvalue weighted by molar-refractivity contribution is 0.592. The maximum absolute atomic E-state index is 12.4. The van der Waals surface area contributed by atoms with Gasteiger partial charge in [-0.2, -0.15) is 0 Å². The number of sulfonamides is 1. The molecule has 0 aliphatic heterocycles. The largest absolute Gasteiger partial charge is 0.265 e. The summed E-state index contributed by atoms with van der Waals surface area (Å²) in [7, 11) is -0.446. The van der Waals surface area contributed by atoms with E-state index in [1.165, 1.54) is 17.9 Å². The van der Waals surface area contributed by atoms with Crippen molar-refractivity contribution in [3.05, 3.63) is 36.0 Å². The summed E-state index contributed by atoms with van der Waals surface area (Å²) in [6, 6.07) is 6.71. The Balaban J connectivity index is 2.43. The predicted molar refractivity (Wildman–Crippen MR) is 67.8 cm³/mol. The van der Waals surface area contributed by atoms with E-state index in [1.807, 2.05) is 6.92 Å². The van der Waals surface area contributed by atoms with Crippen LogP contribution < -0.4 is 4.31 Å². The first-order valence-corrected chi connectivity index (χ1v) is 6.77. The molecule has 7 heteroatoms. The van der Waals surface area contributed by atoms with E-state index >= 15 is 0 Å². The fourth-order valence-electron chi connectivity index (χ4n) is 1.56. The van der Waals surface area contributed by atoms with Gasteiger partial charge in [-0.1, -0.05) is 22.9 Å². The van der Waals surface area contributed by atoms with Gasteiger partial charge in [-0.05, 0) is 19.1 Å². The predicted octanol–water partition coefficient (Wildman–Crippen LogP) is 0.949. The maximum atomic E-state index is 12.4. The molecule has 0 fully saturated rings. The van der Waals surface area contributed by atoms with Gasteiger partial charge in [-0.3, -0.25) is 4.31 Å². The van der Waals surface area contributed by atoms with Crippen LogP contribution in [0.4, 0.5) is 5.82 Å². The normalized spacial score (nSPS) is 11.5. The Kier molecular flexibility index (Phi) is 3.08. The summed E-state index contributed by atoms with van der Waals surface area (Å²) >= 11 is 0. The Bertz CT molecular complexity index is 646. The van der Waals surface area contributed by atoms with E-state index in [0.29, 0.717) is 5.82 Å². The lowest BCUT2D eigenvalue weighted by Crippen LogP contribution is -2.28. The van der Waals surface area contributed by atoms with Gasteiger partial charge in [0.2, 0.25) is 0 Å². The van der Waals surface area contributed by atoms with Crippen LogP contribution in [0.25, 0.3) is 0 Å². The van der Waals surface area contributed by atoms with Gasteiger partial charge in [0.25, 0.3) is 10.0 Å². The molecule has 0 atom stereocenters. The van der Waals surface area contributed by atoms with Crippen LogP contribution in [0.2, 0.25) is 0 Å². The molecule has 0 unspecified atom stereocenters. The summed E-state index contributed by atoms with van der Waals surface area (Å²) in [6.45, 7) is 1.91. The highest BCUT2D eigenvalue weighted by Crippen LogP contribution is 2.20. The van der Waals surface area contributed by atoms with Crippen LogP contribution in [0, 0.1) is 6.92 Å². The first-order valence-electron chi connectivity index (χ1n) is 5.33. The zero-order chi connectivity index (χ0) is 13.3. The number of hydrogen-bond donors (Lipinski definition) is 0. The minimum Gasteiger partial charge on any atom is -0.252 e. The monoisotopic (exact) mass is 266 g/mol. The second-order valence-electron chi connectivity index (χ2n) is 4.00. The first-order chi connectivity index (χ1) is 8.43. The molecule has 0 saturated heterocycles. The minimum absolute atomic E-state index is 0.247. The second kappa shape index (κ2) is 4.41. The van der Waals surface area contributed by atoms with Crippen LogP contribution in [0.15, 0.2) is 35.4 Å². The number of nitrogens with zero attached hydrogens (tertiary/aromatic N) is 4. The van der Waals surface area contributed by atoms with Gasteiger partial charge in [-0.15, -0.1) is 5.10 Å². The van der Waals surface area contributed by atoms with Crippen LogP contribution >= 0.6 is 0 Å². The summed E-state index contributed by atoms with van der Waals surface area (Å²) in [6.07, 6.45) is 1.41. The molecule has 18 heavy (non-hydrogen) atoms. The van der Waals surface area contributed by atoms with Crippen molar-refractivity contribution >= 4 is 15.8 Å². The highest BCUT2D eigenvalue weighted by molar-refractivity contribution is 7.92. The van der Waals surface area contributed by atoms with Crippen molar-refractivity contribution in [2.75, 3.05) is 11.4 Å². The highest BCUT2D eigenvalue weighted by atomic mass is 32.2. The molecule has 0 aliphatic rings. The summed E-state index contributed by atoms with van der Waals surface area (Å²) in [5.41, 5.74) is 1.01. The highest BCUT2D eigenvalue weighted by Gasteiger charge is 2.23. The molecule has 0 spiro atoms. The van der Waals surface area contributed by atoms with Crippen LogP contribution in [0.1, 0.15) is 5.56 Å². The number of aryl methyl sites for hydroxylation is 2. The molecule has 0 radical (unpaired) electrons. The third-order valence-corrected chi connectivity index (χ3v) is 4.47. The van der Waals surface area contributed by atoms with E-state index in [-0.39, 0.29) is 4.90 Å². The molecular weight excluding hydrogens is 252 g/mol. The molecule has 0 aliphatic carbocycles. The van der Waals surface area contributed by atoms with Crippen LogP contribution in [0.5, 0.6) is 0 Å². The van der Waals surface area contributed by atoms with Crippen molar-refractivity contribution in [1.82, 2.24) is 15.0 Å². The van der Waals surface area contributed by atoms with Gasteiger partial charge >= 0.3 is 0 Å². The molecular formula is C11H14N4O2S. The Hall–Kier alpha value is -1.89. The third-order valence-electron chi connectivity index (χ3n) is 2.69. The van der Waals surface area contributed by atoms with Gasteiger partial charge in [-0.25, -0.2) is 13.1 Å². The first kappa shape index (κ1) is 12.6. The Morgan fingerprint density at radius 2 is 1.83 bits per heavy atom. The second-order valence-corrected chi connectivity index (χ2v) is 5.97. The molecule has 0 bridgehead atoms. The standard InChI is InChI=1S/C11H14N4O2S/c1-9-4-6-10(7-5-9)18(16,17)15(3)11-8-12-13-14(11)2/h4-8H,1-3H3. The van der Waals surface area contributed by atoms with E-state index in [1.54, 1.807) is 31.3 Å². The molecule has 0 N–H and O–H groups in total. The maximum Gasteiger partial charge on any atom is 0.265 e. The van der Waals surface area contributed by atoms with Crippen molar-refractivity contribution < 1.29 is 8.42 Å². The van der Waals surface area contributed by atoms with Crippen molar-refractivity contribution in [3.63, 3.8) is 0 Å². The van der Waals surface area contributed by atoms with Gasteiger partial charge in [0.05, 0.1) is 11.1 Å². The van der Waals surface area contributed by atoms with Gasteiger partial charge in [0, 0.05) is 14.1 Å². The summed E-state index contributed by atoms with van der Waals surface area (Å²) in [5, 5.41) is 7.39. The molecule has 6 nitrogen and oxygen atoms in total. The van der Waals surface area contributed by atoms with E-state index in [2.05, 4.69) is 10.3 Å². The van der Waals surface area contributed by atoms with Crippen LogP contribution in [-0.2, 0) is 17.1 Å². The fourth-order valence-corrected chi connectivity index (χ4v) is 2.77. The third kappa shape index (κ3) is 2.08. The number of hydrogen-bond acceptors (Lipinski definition) is 4. The molecule has 2 aromatic rings. The van der Waals surface area contributed by atoms with Gasteiger partial charge < -0.3 is 0 Å².